The third-order valence-corrected chi connectivity index (χ3v) is 4.21. The lowest BCUT2D eigenvalue weighted by molar-refractivity contribution is -0.135. The van der Waals surface area contributed by atoms with Gasteiger partial charge < -0.3 is 10.6 Å². The molecular formula is C16H24N4O3. The van der Waals surface area contributed by atoms with E-state index in [0.29, 0.717) is 26.1 Å². The zero-order chi connectivity index (χ0) is 17.0. The van der Waals surface area contributed by atoms with Crippen LogP contribution in [0.4, 0.5) is 0 Å². The Morgan fingerprint density at radius 2 is 2.17 bits per heavy atom. The van der Waals surface area contributed by atoms with Crippen LogP contribution in [0.2, 0.25) is 0 Å². The third kappa shape index (κ3) is 4.18. The number of carbonyl (C=O) groups excluding carboxylic acids is 2. The second-order valence-electron chi connectivity index (χ2n) is 6.92. The van der Waals surface area contributed by atoms with Gasteiger partial charge in [0.15, 0.2) is 0 Å². The molecular weight excluding hydrogens is 296 g/mol. The standard InChI is InChI=1S/C16H24N4O3/c1-16(2,3)11-10-18-15(23)13(11)14(22)17-7-5-9-20-12(21)6-4-8-19-20/h4,6,8,11,13H,5,7,9-10H2,1-3H3,(H,17,22)(H,18,23)/t11-,13-/m0/s1. The van der Waals surface area contributed by atoms with Crippen LogP contribution in [0.25, 0.3) is 0 Å². The fourth-order valence-corrected chi connectivity index (χ4v) is 2.83. The molecule has 2 N–H and O–H groups in total. The Bertz CT molecular complexity index is 633. The molecule has 7 heteroatoms. The van der Waals surface area contributed by atoms with Crippen LogP contribution in [0.5, 0.6) is 0 Å². The van der Waals surface area contributed by atoms with Gasteiger partial charge in [0.2, 0.25) is 11.8 Å². The highest BCUT2D eigenvalue weighted by molar-refractivity contribution is 6.02. The number of hydrogen-bond donors (Lipinski definition) is 2. The number of carbonyl (C=O) groups is 2. The van der Waals surface area contributed by atoms with Crippen LogP contribution >= 0.6 is 0 Å². The predicted octanol–water partition coefficient (Wildman–Crippen LogP) is 0.158. The smallest absolute Gasteiger partial charge is 0.266 e. The summed E-state index contributed by atoms with van der Waals surface area (Å²) in [5.41, 5.74) is -0.288. The first kappa shape index (κ1) is 17.2. The van der Waals surface area contributed by atoms with E-state index >= 15 is 0 Å². The van der Waals surface area contributed by atoms with Gasteiger partial charge in [0, 0.05) is 37.8 Å². The Labute approximate surface area is 135 Å². The zero-order valence-electron chi connectivity index (χ0n) is 13.8. The Kier molecular flexibility index (Phi) is 5.18. The summed E-state index contributed by atoms with van der Waals surface area (Å²) >= 11 is 0. The topological polar surface area (TPSA) is 93.1 Å². The van der Waals surface area contributed by atoms with Crippen molar-refractivity contribution in [1.82, 2.24) is 20.4 Å². The van der Waals surface area contributed by atoms with Gasteiger partial charge in [-0.25, -0.2) is 4.68 Å². The first-order valence-corrected chi connectivity index (χ1v) is 7.88. The van der Waals surface area contributed by atoms with Crippen molar-refractivity contribution in [1.29, 1.82) is 0 Å². The Hall–Kier alpha value is -2.18. The minimum atomic E-state index is -0.646. The molecule has 0 saturated carbocycles. The van der Waals surface area contributed by atoms with Crippen LogP contribution in [-0.2, 0) is 16.1 Å². The number of rotatable bonds is 5. The number of amides is 2. The average Bonchev–Trinajstić information content (AvgIpc) is 2.87. The molecule has 1 aromatic rings. The van der Waals surface area contributed by atoms with Gasteiger partial charge in [0.1, 0.15) is 5.92 Å². The summed E-state index contributed by atoms with van der Waals surface area (Å²) in [6.07, 6.45) is 2.13. The SMILES string of the molecule is CC(C)(C)[C@H]1CNC(=O)[C@@H]1C(=O)NCCCn1ncccc1=O. The van der Waals surface area contributed by atoms with Crippen LogP contribution in [-0.4, -0.2) is 34.7 Å². The molecule has 2 heterocycles. The molecule has 2 atom stereocenters. The molecule has 1 aliphatic rings. The van der Waals surface area contributed by atoms with Gasteiger partial charge in [0.25, 0.3) is 5.56 Å². The zero-order valence-corrected chi connectivity index (χ0v) is 13.8. The van der Waals surface area contributed by atoms with E-state index in [1.165, 1.54) is 10.7 Å². The molecule has 1 aliphatic heterocycles. The van der Waals surface area contributed by atoms with Crippen molar-refractivity contribution in [3.63, 3.8) is 0 Å². The van der Waals surface area contributed by atoms with Gasteiger partial charge in [0.05, 0.1) is 0 Å². The number of aromatic nitrogens is 2. The van der Waals surface area contributed by atoms with E-state index in [1.54, 1.807) is 12.3 Å². The van der Waals surface area contributed by atoms with Gasteiger partial charge >= 0.3 is 0 Å². The lowest BCUT2D eigenvalue weighted by Gasteiger charge is -2.29. The Balaban J connectivity index is 1.86. The van der Waals surface area contributed by atoms with E-state index in [-0.39, 0.29) is 28.7 Å². The van der Waals surface area contributed by atoms with Crippen LogP contribution in [0, 0.1) is 17.3 Å². The quantitative estimate of drug-likeness (QED) is 0.597. The van der Waals surface area contributed by atoms with Crippen molar-refractivity contribution < 1.29 is 9.59 Å². The molecule has 1 aromatic heterocycles. The van der Waals surface area contributed by atoms with Crippen molar-refractivity contribution in [2.24, 2.45) is 17.3 Å². The first-order valence-electron chi connectivity index (χ1n) is 7.88. The maximum absolute atomic E-state index is 12.3. The minimum absolute atomic E-state index is 0.0200. The van der Waals surface area contributed by atoms with E-state index in [1.807, 2.05) is 20.8 Å². The summed E-state index contributed by atoms with van der Waals surface area (Å²) in [6, 6.07) is 3.04. The minimum Gasteiger partial charge on any atom is -0.355 e. The summed E-state index contributed by atoms with van der Waals surface area (Å²) in [6.45, 7) is 7.47. The normalized spacial score (nSPS) is 21.1. The molecule has 0 unspecified atom stereocenters. The highest BCUT2D eigenvalue weighted by atomic mass is 16.2. The van der Waals surface area contributed by atoms with Gasteiger partial charge in [-0.05, 0) is 17.9 Å². The van der Waals surface area contributed by atoms with Crippen LogP contribution in [0.3, 0.4) is 0 Å². The highest BCUT2D eigenvalue weighted by Gasteiger charge is 2.45. The van der Waals surface area contributed by atoms with Gasteiger partial charge in [-0.3, -0.25) is 14.4 Å². The van der Waals surface area contributed by atoms with Crippen molar-refractivity contribution in [3.05, 3.63) is 28.7 Å². The van der Waals surface area contributed by atoms with Crippen LogP contribution in [0.15, 0.2) is 23.1 Å². The van der Waals surface area contributed by atoms with Crippen molar-refractivity contribution in [3.8, 4) is 0 Å². The predicted molar refractivity (Wildman–Crippen MR) is 85.6 cm³/mol. The molecule has 1 saturated heterocycles. The highest BCUT2D eigenvalue weighted by Crippen LogP contribution is 2.35. The molecule has 2 rings (SSSR count). The van der Waals surface area contributed by atoms with E-state index in [0.717, 1.165) is 0 Å². The summed E-state index contributed by atoms with van der Waals surface area (Å²) in [5.74, 6) is -1.11. The second kappa shape index (κ2) is 6.93. The summed E-state index contributed by atoms with van der Waals surface area (Å²) in [4.78, 5) is 35.8. The molecule has 0 radical (unpaired) electrons. The lowest BCUT2D eigenvalue weighted by Crippen LogP contribution is -2.41. The lowest BCUT2D eigenvalue weighted by atomic mass is 9.74. The summed E-state index contributed by atoms with van der Waals surface area (Å²) in [5, 5.41) is 9.54. The van der Waals surface area contributed by atoms with E-state index in [4.69, 9.17) is 0 Å². The van der Waals surface area contributed by atoms with E-state index in [2.05, 4.69) is 15.7 Å². The fraction of sp³-hybridized carbons (Fsp3) is 0.625. The molecule has 0 aliphatic carbocycles. The largest absolute Gasteiger partial charge is 0.355 e. The van der Waals surface area contributed by atoms with Crippen molar-refractivity contribution in [2.45, 2.75) is 33.7 Å². The molecule has 126 valence electrons. The summed E-state index contributed by atoms with van der Waals surface area (Å²) in [7, 11) is 0. The summed E-state index contributed by atoms with van der Waals surface area (Å²) < 4.78 is 1.35. The average molecular weight is 320 g/mol. The maximum atomic E-state index is 12.3. The van der Waals surface area contributed by atoms with Crippen molar-refractivity contribution >= 4 is 11.8 Å². The monoisotopic (exact) mass is 320 g/mol. The number of hydrogen-bond acceptors (Lipinski definition) is 4. The van der Waals surface area contributed by atoms with Crippen LogP contribution in [0.1, 0.15) is 27.2 Å². The molecule has 1 fully saturated rings. The molecule has 23 heavy (non-hydrogen) atoms. The first-order chi connectivity index (χ1) is 10.8. The molecule has 2 amide bonds. The van der Waals surface area contributed by atoms with Crippen molar-refractivity contribution in [2.75, 3.05) is 13.1 Å². The molecule has 0 bridgehead atoms. The Morgan fingerprint density at radius 1 is 1.43 bits per heavy atom. The second-order valence-corrected chi connectivity index (χ2v) is 6.92. The maximum Gasteiger partial charge on any atom is 0.266 e. The van der Waals surface area contributed by atoms with E-state index < -0.39 is 5.92 Å². The van der Waals surface area contributed by atoms with E-state index in [9.17, 15) is 14.4 Å². The third-order valence-electron chi connectivity index (χ3n) is 4.21. The van der Waals surface area contributed by atoms with Gasteiger partial charge in [-0.1, -0.05) is 20.8 Å². The number of nitrogens with zero attached hydrogens (tertiary/aromatic N) is 2. The fourth-order valence-electron chi connectivity index (χ4n) is 2.83. The van der Waals surface area contributed by atoms with Gasteiger partial charge in [-0.2, -0.15) is 5.10 Å². The number of nitrogens with one attached hydrogen (secondary N) is 2. The Morgan fingerprint density at radius 3 is 2.83 bits per heavy atom. The van der Waals surface area contributed by atoms with Crippen LogP contribution < -0.4 is 16.2 Å². The molecule has 0 aromatic carbocycles. The molecule has 7 nitrogen and oxygen atoms in total. The number of aryl methyl sites for hydroxylation is 1. The molecule has 0 spiro atoms. The van der Waals surface area contributed by atoms with Gasteiger partial charge in [-0.15, -0.1) is 0 Å².